The van der Waals surface area contributed by atoms with Crippen LogP contribution in [0.5, 0.6) is 0 Å². The van der Waals surface area contributed by atoms with Gasteiger partial charge in [-0.3, -0.25) is 4.79 Å². The summed E-state index contributed by atoms with van der Waals surface area (Å²) in [7, 11) is 0. The molecule has 1 aromatic carbocycles. The fraction of sp³-hybridized carbons (Fsp3) is 0.529. The molecule has 0 heterocycles. The highest BCUT2D eigenvalue weighted by atomic mass is 79.9. The van der Waals surface area contributed by atoms with Crippen molar-refractivity contribution in [3.8, 4) is 0 Å². The smallest absolute Gasteiger partial charge is 0.407 e. The molecule has 0 unspecified atom stereocenters. The summed E-state index contributed by atoms with van der Waals surface area (Å²) in [6.07, 6.45) is 2.80. The molecule has 1 aliphatic carbocycles. The van der Waals surface area contributed by atoms with Gasteiger partial charge in [-0.1, -0.05) is 15.9 Å². The van der Waals surface area contributed by atoms with Gasteiger partial charge in [-0.2, -0.15) is 0 Å². The first-order valence-electron chi connectivity index (χ1n) is 7.80. The SMILES string of the molecule is CC(C)(C)OC(=O)NCc1cc(Br)cc(C(=O)NC2CCC2)c1. The minimum atomic E-state index is -0.533. The van der Waals surface area contributed by atoms with E-state index in [9.17, 15) is 9.59 Å². The van der Waals surface area contributed by atoms with Gasteiger partial charge in [0, 0.05) is 22.6 Å². The molecule has 5 nitrogen and oxygen atoms in total. The second kappa shape index (κ2) is 7.34. The van der Waals surface area contributed by atoms with Crippen LogP contribution in [-0.2, 0) is 11.3 Å². The largest absolute Gasteiger partial charge is 0.444 e. The fourth-order valence-electron chi connectivity index (χ4n) is 2.19. The Labute approximate surface area is 145 Å². The number of carbonyl (C=O) groups is 2. The summed E-state index contributed by atoms with van der Waals surface area (Å²) in [6.45, 7) is 5.75. The van der Waals surface area contributed by atoms with Crippen LogP contribution < -0.4 is 10.6 Å². The van der Waals surface area contributed by atoms with Crippen molar-refractivity contribution in [3.05, 3.63) is 33.8 Å². The minimum Gasteiger partial charge on any atom is -0.444 e. The Kier molecular flexibility index (Phi) is 5.68. The molecule has 0 atom stereocenters. The molecule has 0 aliphatic heterocycles. The summed E-state index contributed by atoms with van der Waals surface area (Å²) in [5.74, 6) is -0.0745. The van der Waals surface area contributed by atoms with E-state index in [0.717, 1.165) is 22.9 Å². The van der Waals surface area contributed by atoms with Crippen LogP contribution in [0.1, 0.15) is 56.0 Å². The van der Waals surface area contributed by atoms with E-state index in [1.54, 1.807) is 12.1 Å². The van der Waals surface area contributed by atoms with E-state index in [1.807, 2.05) is 26.8 Å². The molecular formula is C17H23BrN2O3. The van der Waals surface area contributed by atoms with Crippen LogP contribution in [-0.4, -0.2) is 23.6 Å². The first-order chi connectivity index (χ1) is 10.7. The Balaban J connectivity index is 1.96. The highest BCUT2D eigenvalue weighted by Gasteiger charge is 2.20. The van der Waals surface area contributed by atoms with Gasteiger partial charge in [0.2, 0.25) is 0 Å². The number of carbonyl (C=O) groups excluding carboxylic acids is 2. The third-order valence-corrected chi connectivity index (χ3v) is 3.95. The number of alkyl carbamates (subject to hydrolysis) is 1. The van der Waals surface area contributed by atoms with Crippen LogP contribution in [0.2, 0.25) is 0 Å². The average Bonchev–Trinajstić information content (AvgIpc) is 2.38. The van der Waals surface area contributed by atoms with Crippen molar-refractivity contribution in [3.63, 3.8) is 0 Å². The van der Waals surface area contributed by atoms with E-state index in [1.165, 1.54) is 6.42 Å². The van der Waals surface area contributed by atoms with Crippen molar-refractivity contribution in [2.45, 2.75) is 58.2 Å². The maximum atomic E-state index is 12.2. The molecule has 1 aromatic rings. The van der Waals surface area contributed by atoms with Gasteiger partial charge in [-0.15, -0.1) is 0 Å². The van der Waals surface area contributed by atoms with Crippen LogP contribution in [0.15, 0.2) is 22.7 Å². The lowest BCUT2D eigenvalue weighted by molar-refractivity contribution is 0.0523. The first kappa shape index (κ1) is 17.8. The Morgan fingerprint density at radius 2 is 1.96 bits per heavy atom. The van der Waals surface area contributed by atoms with Crippen LogP contribution in [0.25, 0.3) is 0 Å². The fourth-order valence-corrected chi connectivity index (χ4v) is 2.73. The quantitative estimate of drug-likeness (QED) is 0.832. The predicted molar refractivity (Wildman–Crippen MR) is 92.3 cm³/mol. The van der Waals surface area contributed by atoms with Gasteiger partial charge in [0.15, 0.2) is 0 Å². The van der Waals surface area contributed by atoms with Gasteiger partial charge >= 0.3 is 6.09 Å². The Morgan fingerprint density at radius 3 is 2.52 bits per heavy atom. The lowest BCUT2D eigenvalue weighted by Crippen LogP contribution is -2.39. The Morgan fingerprint density at radius 1 is 1.26 bits per heavy atom. The second-order valence-corrected chi connectivity index (χ2v) is 7.72. The summed E-state index contributed by atoms with van der Waals surface area (Å²) in [6, 6.07) is 5.74. The minimum absolute atomic E-state index is 0.0745. The summed E-state index contributed by atoms with van der Waals surface area (Å²) in [4.78, 5) is 23.9. The van der Waals surface area contributed by atoms with Crippen LogP contribution in [0, 0.1) is 0 Å². The standard InChI is InChI=1S/C17H23BrN2O3/c1-17(2,3)23-16(22)19-10-11-7-12(9-13(18)8-11)15(21)20-14-5-4-6-14/h7-9,14H,4-6,10H2,1-3H3,(H,19,22)(H,20,21). The third kappa shape index (κ3) is 5.86. The molecule has 2 rings (SSSR count). The van der Waals surface area contributed by atoms with Crippen molar-refractivity contribution >= 4 is 27.9 Å². The van der Waals surface area contributed by atoms with Gasteiger partial charge in [0.05, 0.1) is 0 Å². The molecule has 126 valence electrons. The number of hydrogen-bond donors (Lipinski definition) is 2. The number of rotatable bonds is 4. The Hall–Kier alpha value is -1.56. The Bertz CT molecular complexity index is 592. The average molecular weight is 383 g/mol. The van der Waals surface area contributed by atoms with Crippen LogP contribution in [0.4, 0.5) is 4.79 Å². The van der Waals surface area contributed by atoms with E-state index < -0.39 is 11.7 Å². The van der Waals surface area contributed by atoms with Gasteiger partial charge in [0.25, 0.3) is 5.91 Å². The van der Waals surface area contributed by atoms with Crippen molar-refractivity contribution in [1.29, 1.82) is 0 Å². The normalized spacial score (nSPS) is 14.8. The van der Waals surface area contributed by atoms with E-state index in [2.05, 4.69) is 26.6 Å². The number of halogens is 1. The molecule has 6 heteroatoms. The molecule has 23 heavy (non-hydrogen) atoms. The highest BCUT2D eigenvalue weighted by Crippen LogP contribution is 2.20. The topological polar surface area (TPSA) is 67.4 Å². The molecule has 0 spiro atoms. The van der Waals surface area contributed by atoms with E-state index in [0.29, 0.717) is 18.2 Å². The summed E-state index contributed by atoms with van der Waals surface area (Å²) in [5, 5.41) is 5.71. The molecule has 0 saturated heterocycles. The zero-order chi connectivity index (χ0) is 17.0. The lowest BCUT2D eigenvalue weighted by atomic mass is 9.93. The number of benzene rings is 1. The number of amides is 2. The zero-order valence-electron chi connectivity index (χ0n) is 13.7. The maximum absolute atomic E-state index is 12.2. The number of nitrogens with one attached hydrogen (secondary N) is 2. The van der Waals surface area contributed by atoms with Crippen LogP contribution in [0.3, 0.4) is 0 Å². The zero-order valence-corrected chi connectivity index (χ0v) is 15.3. The second-order valence-electron chi connectivity index (χ2n) is 6.80. The first-order valence-corrected chi connectivity index (χ1v) is 8.59. The summed E-state index contributed by atoms with van der Waals surface area (Å²) in [5.41, 5.74) is 0.895. The molecule has 0 bridgehead atoms. The lowest BCUT2D eigenvalue weighted by Gasteiger charge is -2.26. The highest BCUT2D eigenvalue weighted by molar-refractivity contribution is 9.10. The van der Waals surface area contributed by atoms with E-state index in [-0.39, 0.29) is 5.91 Å². The molecule has 2 N–H and O–H groups in total. The van der Waals surface area contributed by atoms with Crippen molar-refractivity contribution in [2.24, 2.45) is 0 Å². The van der Waals surface area contributed by atoms with E-state index in [4.69, 9.17) is 4.74 Å². The van der Waals surface area contributed by atoms with Crippen molar-refractivity contribution < 1.29 is 14.3 Å². The van der Waals surface area contributed by atoms with E-state index >= 15 is 0 Å². The molecule has 0 radical (unpaired) electrons. The number of hydrogen-bond acceptors (Lipinski definition) is 3. The van der Waals surface area contributed by atoms with Gasteiger partial charge in [-0.05, 0) is 63.8 Å². The summed E-state index contributed by atoms with van der Waals surface area (Å²) < 4.78 is 6.01. The molecule has 1 aliphatic rings. The molecule has 1 fully saturated rings. The monoisotopic (exact) mass is 382 g/mol. The molecule has 1 saturated carbocycles. The number of ether oxygens (including phenoxy) is 1. The maximum Gasteiger partial charge on any atom is 0.407 e. The van der Waals surface area contributed by atoms with Gasteiger partial charge in [0.1, 0.15) is 5.60 Å². The van der Waals surface area contributed by atoms with Crippen molar-refractivity contribution in [2.75, 3.05) is 0 Å². The third-order valence-electron chi connectivity index (χ3n) is 3.50. The molecule has 0 aromatic heterocycles. The van der Waals surface area contributed by atoms with Gasteiger partial charge in [-0.25, -0.2) is 4.79 Å². The van der Waals surface area contributed by atoms with Crippen LogP contribution >= 0.6 is 15.9 Å². The molecular weight excluding hydrogens is 360 g/mol. The van der Waals surface area contributed by atoms with Crippen molar-refractivity contribution in [1.82, 2.24) is 10.6 Å². The van der Waals surface area contributed by atoms with Gasteiger partial charge < -0.3 is 15.4 Å². The predicted octanol–water partition coefficient (Wildman–Crippen LogP) is 3.76. The molecule has 2 amide bonds. The summed E-state index contributed by atoms with van der Waals surface area (Å²) >= 11 is 3.41.